The second kappa shape index (κ2) is 5.95. The highest BCUT2D eigenvalue weighted by atomic mass is 15.4. The van der Waals surface area contributed by atoms with Crippen LogP contribution in [0.1, 0.15) is 24.6 Å². The molecule has 0 fully saturated rings. The predicted molar refractivity (Wildman–Crippen MR) is 85.6 cm³/mol. The van der Waals surface area contributed by atoms with E-state index >= 15 is 0 Å². The number of nitrogens with zero attached hydrogens (tertiary/aromatic N) is 3. The highest BCUT2D eigenvalue weighted by Crippen LogP contribution is 2.11. The van der Waals surface area contributed by atoms with E-state index in [-0.39, 0.29) is 0 Å². The molecule has 108 valence electrons. The van der Waals surface area contributed by atoms with Crippen molar-refractivity contribution in [1.82, 2.24) is 14.6 Å². The number of pyridine rings is 1. The molecule has 21 heavy (non-hydrogen) atoms. The number of hydrogen-bond donors (Lipinski definition) is 1. The van der Waals surface area contributed by atoms with Crippen molar-refractivity contribution < 1.29 is 0 Å². The fourth-order valence-corrected chi connectivity index (χ4v) is 2.42. The van der Waals surface area contributed by atoms with Crippen LogP contribution in [0.3, 0.4) is 0 Å². The van der Waals surface area contributed by atoms with Gasteiger partial charge in [-0.25, -0.2) is 4.52 Å². The summed E-state index contributed by atoms with van der Waals surface area (Å²) in [5, 5.41) is 7.89. The zero-order valence-corrected chi connectivity index (χ0v) is 12.5. The minimum absolute atomic E-state index is 0.336. The average Bonchev–Trinajstić information content (AvgIpc) is 2.90. The molecule has 0 aliphatic carbocycles. The molecule has 0 aliphatic rings. The average molecular weight is 280 g/mol. The summed E-state index contributed by atoms with van der Waals surface area (Å²) in [7, 11) is 0. The van der Waals surface area contributed by atoms with Crippen molar-refractivity contribution >= 4 is 11.6 Å². The van der Waals surface area contributed by atoms with Crippen molar-refractivity contribution in [3.05, 3.63) is 59.8 Å². The largest absolute Gasteiger partial charge is 0.350 e. The maximum absolute atomic E-state index is 4.51. The van der Waals surface area contributed by atoms with Crippen molar-refractivity contribution in [1.29, 1.82) is 0 Å². The SMILES string of the molecule is Cc1cccc2nc(NC(C)CCc3ccccc3)nn12. The Morgan fingerprint density at radius 2 is 1.90 bits per heavy atom. The molecule has 3 aromatic rings. The van der Waals surface area contributed by atoms with E-state index < -0.39 is 0 Å². The van der Waals surface area contributed by atoms with Gasteiger partial charge in [-0.05, 0) is 44.4 Å². The second-order valence-corrected chi connectivity index (χ2v) is 5.44. The number of aromatic nitrogens is 3. The third kappa shape index (κ3) is 3.21. The first kappa shape index (κ1) is 13.6. The van der Waals surface area contributed by atoms with Gasteiger partial charge in [0.25, 0.3) is 0 Å². The summed E-state index contributed by atoms with van der Waals surface area (Å²) in [4.78, 5) is 4.51. The summed E-state index contributed by atoms with van der Waals surface area (Å²) < 4.78 is 1.87. The van der Waals surface area contributed by atoms with E-state index in [0.29, 0.717) is 12.0 Å². The summed E-state index contributed by atoms with van der Waals surface area (Å²) in [5.41, 5.74) is 3.34. The number of benzene rings is 1. The van der Waals surface area contributed by atoms with E-state index in [9.17, 15) is 0 Å². The topological polar surface area (TPSA) is 42.2 Å². The molecule has 3 rings (SSSR count). The fourth-order valence-electron chi connectivity index (χ4n) is 2.42. The summed E-state index contributed by atoms with van der Waals surface area (Å²) in [5.74, 6) is 0.699. The number of hydrogen-bond acceptors (Lipinski definition) is 3. The molecular weight excluding hydrogens is 260 g/mol. The van der Waals surface area contributed by atoms with Crippen LogP contribution in [-0.2, 0) is 6.42 Å². The zero-order chi connectivity index (χ0) is 14.7. The standard InChI is InChI=1S/C17H20N4/c1-13(11-12-15-8-4-3-5-9-15)18-17-19-16-10-6-7-14(2)21(16)20-17/h3-10,13H,11-12H2,1-2H3,(H,18,20). The first-order valence-electron chi connectivity index (χ1n) is 7.35. The normalized spacial score (nSPS) is 12.5. The molecule has 2 aromatic heterocycles. The molecule has 2 heterocycles. The van der Waals surface area contributed by atoms with Crippen LogP contribution in [-0.4, -0.2) is 20.6 Å². The van der Waals surface area contributed by atoms with Gasteiger partial charge in [0, 0.05) is 11.7 Å². The Kier molecular flexibility index (Phi) is 3.86. The Labute approximate surface area is 124 Å². The van der Waals surface area contributed by atoms with Gasteiger partial charge in [0.1, 0.15) is 0 Å². The third-order valence-electron chi connectivity index (χ3n) is 3.63. The van der Waals surface area contributed by atoms with Crippen LogP contribution in [0.5, 0.6) is 0 Å². The molecule has 1 atom stereocenters. The lowest BCUT2D eigenvalue weighted by Crippen LogP contribution is -2.17. The van der Waals surface area contributed by atoms with E-state index in [4.69, 9.17) is 0 Å². The Hall–Kier alpha value is -2.36. The van der Waals surface area contributed by atoms with Gasteiger partial charge in [-0.2, -0.15) is 4.98 Å². The van der Waals surface area contributed by atoms with Crippen molar-refractivity contribution in [2.24, 2.45) is 0 Å². The Bertz CT molecular complexity index is 718. The quantitative estimate of drug-likeness (QED) is 0.778. The smallest absolute Gasteiger partial charge is 0.243 e. The van der Waals surface area contributed by atoms with Crippen molar-refractivity contribution in [2.75, 3.05) is 5.32 Å². The van der Waals surface area contributed by atoms with Crippen LogP contribution in [0.2, 0.25) is 0 Å². The minimum Gasteiger partial charge on any atom is -0.350 e. The van der Waals surface area contributed by atoms with E-state index in [2.05, 4.69) is 46.6 Å². The molecule has 0 bridgehead atoms. The number of anilines is 1. The van der Waals surface area contributed by atoms with Crippen LogP contribution in [0.15, 0.2) is 48.5 Å². The van der Waals surface area contributed by atoms with Crippen LogP contribution >= 0.6 is 0 Å². The first-order valence-corrected chi connectivity index (χ1v) is 7.35. The van der Waals surface area contributed by atoms with Gasteiger partial charge >= 0.3 is 0 Å². The van der Waals surface area contributed by atoms with Crippen molar-refractivity contribution in [3.63, 3.8) is 0 Å². The summed E-state index contributed by atoms with van der Waals surface area (Å²) >= 11 is 0. The van der Waals surface area contributed by atoms with Crippen LogP contribution < -0.4 is 5.32 Å². The summed E-state index contributed by atoms with van der Waals surface area (Å²) in [6, 6.07) is 16.9. The second-order valence-electron chi connectivity index (χ2n) is 5.44. The lowest BCUT2D eigenvalue weighted by atomic mass is 10.1. The predicted octanol–water partition coefficient (Wildman–Crippen LogP) is 3.47. The van der Waals surface area contributed by atoms with E-state index in [0.717, 1.165) is 24.2 Å². The molecule has 0 spiro atoms. The van der Waals surface area contributed by atoms with Crippen molar-refractivity contribution in [3.8, 4) is 0 Å². The number of aryl methyl sites for hydroxylation is 2. The number of fused-ring (bicyclic) bond motifs is 1. The Morgan fingerprint density at radius 1 is 1.10 bits per heavy atom. The molecule has 0 radical (unpaired) electrons. The molecule has 0 amide bonds. The van der Waals surface area contributed by atoms with E-state index in [1.807, 2.05) is 35.7 Å². The molecule has 4 heteroatoms. The Balaban J connectivity index is 1.63. The van der Waals surface area contributed by atoms with Gasteiger partial charge < -0.3 is 5.32 Å². The van der Waals surface area contributed by atoms with Gasteiger partial charge in [-0.15, -0.1) is 5.10 Å². The molecule has 1 N–H and O–H groups in total. The zero-order valence-electron chi connectivity index (χ0n) is 12.5. The van der Waals surface area contributed by atoms with Crippen molar-refractivity contribution in [2.45, 2.75) is 32.7 Å². The minimum atomic E-state index is 0.336. The monoisotopic (exact) mass is 280 g/mol. The maximum atomic E-state index is 4.51. The molecule has 1 unspecified atom stereocenters. The highest BCUT2D eigenvalue weighted by molar-refractivity contribution is 5.44. The summed E-state index contributed by atoms with van der Waals surface area (Å²) in [6.45, 7) is 4.20. The van der Waals surface area contributed by atoms with Crippen LogP contribution in [0.25, 0.3) is 5.65 Å². The summed E-state index contributed by atoms with van der Waals surface area (Å²) in [6.07, 6.45) is 2.11. The van der Waals surface area contributed by atoms with E-state index in [1.54, 1.807) is 0 Å². The first-order chi connectivity index (χ1) is 10.2. The molecule has 0 saturated carbocycles. The molecular formula is C17H20N4. The maximum Gasteiger partial charge on any atom is 0.243 e. The van der Waals surface area contributed by atoms with Crippen LogP contribution in [0, 0.1) is 6.92 Å². The van der Waals surface area contributed by atoms with Crippen LogP contribution in [0.4, 0.5) is 5.95 Å². The number of rotatable bonds is 5. The highest BCUT2D eigenvalue weighted by Gasteiger charge is 2.08. The van der Waals surface area contributed by atoms with Gasteiger partial charge in [0.05, 0.1) is 0 Å². The van der Waals surface area contributed by atoms with Gasteiger partial charge in [-0.1, -0.05) is 36.4 Å². The lowest BCUT2D eigenvalue weighted by molar-refractivity contribution is 0.698. The fraction of sp³-hybridized carbons (Fsp3) is 0.294. The van der Waals surface area contributed by atoms with Gasteiger partial charge in [0.2, 0.25) is 5.95 Å². The lowest BCUT2D eigenvalue weighted by Gasteiger charge is -2.11. The molecule has 0 aliphatic heterocycles. The molecule has 4 nitrogen and oxygen atoms in total. The van der Waals surface area contributed by atoms with Gasteiger partial charge in [-0.3, -0.25) is 0 Å². The third-order valence-corrected chi connectivity index (χ3v) is 3.63. The molecule has 1 aromatic carbocycles. The van der Waals surface area contributed by atoms with E-state index in [1.165, 1.54) is 5.56 Å². The van der Waals surface area contributed by atoms with Gasteiger partial charge in [0.15, 0.2) is 5.65 Å². The molecule has 0 saturated heterocycles. The number of nitrogens with one attached hydrogen (secondary N) is 1. The Morgan fingerprint density at radius 3 is 2.67 bits per heavy atom.